The van der Waals surface area contributed by atoms with Crippen molar-refractivity contribution in [3.05, 3.63) is 149 Å². The highest BCUT2D eigenvalue weighted by atomic mass is 35.5. The number of nitrogens with zero attached hydrogens (tertiary/aromatic N) is 2. The third-order valence-electron chi connectivity index (χ3n) is 8.39. The molecule has 3 nitrogen and oxygen atoms in total. The van der Waals surface area contributed by atoms with Gasteiger partial charge in [-0.25, -0.2) is 0 Å². The molecule has 2 fully saturated rings. The van der Waals surface area contributed by atoms with E-state index in [2.05, 4.69) is 76.7 Å². The van der Waals surface area contributed by atoms with Crippen molar-refractivity contribution in [2.24, 2.45) is 0 Å². The van der Waals surface area contributed by atoms with Crippen LogP contribution in [-0.2, 0) is 0 Å². The van der Waals surface area contributed by atoms with Gasteiger partial charge in [0.2, 0.25) is 0 Å². The normalized spacial score (nSPS) is 22.1. The van der Waals surface area contributed by atoms with Gasteiger partial charge in [0, 0.05) is 22.8 Å². The van der Waals surface area contributed by atoms with Gasteiger partial charge in [-0.3, -0.25) is 9.69 Å². The lowest BCUT2D eigenvalue weighted by atomic mass is 9.88. The Morgan fingerprint density at radius 2 is 1.25 bits per heavy atom. The zero-order valence-corrected chi connectivity index (χ0v) is 23.4. The highest BCUT2D eigenvalue weighted by Gasteiger charge is 2.52. The fourth-order valence-corrected chi connectivity index (χ4v) is 6.67. The minimum atomic E-state index is -0.434. The summed E-state index contributed by atoms with van der Waals surface area (Å²) in [7, 11) is 0. The van der Waals surface area contributed by atoms with Crippen LogP contribution < -0.4 is 0 Å². The van der Waals surface area contributed by atoms with Crippen molar-refractivity contribution in [1.82, 2.24) is 9.80 Å². The van der Waals surface area contributed by atoms with Crippen molar-refractivity contribution in [3.8, 4) is 0 Å². The molecule has 0 bridgehead atoms. The summed E-state index contributed by atoms with van der Waals surface area (Å²) < 4.78 is 0. The quantitative estimate of drug-likeness (QED) is 0.216. The molecule has 3 unspecified atom stereocenters. The van der Waals surface area contributed by atoms with E-state index in [0.29, 0.717) is 11.1 Å². The molecule has 0 N–H and O–H groups in total. The molecule has 1 aliphatic carbocycles. The molecular formula is C36H35ClN2O. The number of rotatable bonds is 7. The van der Waals surface area contributed by atoms with Crippen LogP contribution in [-0.4, -0.2) is 27.8 Å². The molecular weight excluding hydrogens is 512 g/mol. The van der Waals surface area contributed by atoms with Crippen LogP contribution in [0.5, 0.6) is 0 Å². The Hall–Kier alpha value is -3.66. The summed E-state index contributed by atoms with van der Waals surface area (Å²) in [6.45, 7) is 0. The lowest BCUT2D eigenvalue weighted by Crippen LogP contribution is -2.49. The predicted molar refractivity (Wildman–Crippen MR) is 164 cm³/mol. The minimum Gasteiger partial charge on any atom is -0.346 e. The summed E-state index contributed by atoms with van der Waals surface area (Å²) in [4.78, 5) is 19.5. The Kier molecular flexibility index (Phi) is 8.13. The number of Topliss-reactive ketones (excluding diaryl/α,β-unsaturated/α-hetero) is 1. The lowest BCUT2D eigenvalue weighted by Gasteiger charge is -2.39. The predicted octanol–water partition coefficient (Wildman–Crippen LogP) is 8.95. The Labute approximate surface area is 242 Å². The molecule has 1 aliphatic heterocycles. The third kappa shape index (κ3) is 5.50. The molecule has 202 valence electrons. The first-order valence-electron chi connectivity index (χ1n) is 14.4. The number of halogens is 1. The summed E-state index contributed by atoms with van der Waals surface area (Å²) in [6.07, 6.45) is 9.71. The lowest BCUT2D eigenvalue weighted by molar-refractivity contribution is 0.0516. The van der Waals surface area contributed by atoms with Crippen LogP contribution in [0.2, 0.25) is 5.02 Å². The van der Waals surface area contributed by atoms with Gasteiger partial charge in [-0.05, 0) is 47.7 Å². The van der Waals surface area contributed by atoms with Gasteiger partial charge in [-0.2, -0.15) is 0 Å². The van der Waals surface area contributed by atoms with Crippen molar-refractivity contribution in [1.29, 1.82) is 0 Å². The monoisotopic (exact) mass is 546 g/mol. The van der Waals surface area contributed by atoms with Crippen molar-refractivity contribution in [2.45, 2.75) is 56.4 Å². The van der Waals surface area contributed by atoms with Gasteiger partial charge in [0.25, 0.3) is 0 Å². The van der Waals surface area contributed by atoms with E-state index in [1.54, 1.807) is 0 Å². The van der Waals surface area contributed by atoms with Crippen LogP contribution in [0.25, 0.3) is 6.08 Å². The van der Waals surface area contributed by atoms with Gasteiger partial charge in [-0.1, -0.05) is 134 Å². The van der Waals surface area contributed by atoms with Crippen molar-refractivity contribution in [2.75, 3.05) is 0 Å². The van der Waals surface area contributed by atoms with Gasteiger partial charge in [-0.15, -0.1) is 0 Å². The topological polar surface area (TPSA) is 23.6 Å². The largest absolute Gasteiger partial charge is 0.346 e. The van der Waals surface area contributed by atoms with Gasteiger partial charge < -0.3 is 4.90 Å². The second-order valence-corrected chi connectivity index (χ2v) is 11.3. The molecule has 3 atom stereocenters. The first-order chi connectivity index (χ1) is 19.7. The highest BCUT2D eigenvalue weighted by molar-refractivity contribution is 6.30. The fraction of sp³-hybridized carbons (Fsp3) is 0.250. The molecule has 0 radical (unpaired) electrons. The van der Waals surface area contributed by atoms with Gasteiger partial charge in [0.05, 0.1) is 12.1 Å². The zero-order chi connectivity index (χ0) is 27.3. The van der Waals surface area contributed by atoms with Crippen LogP contribution in [0.15, 0.2) is 121 Å². The van der Waals surface area contributed by atoms with Crippen LogP contribution in [0.3, 0.4) is 0 Å². The average molecular weight is 547 g/mol. The molecule has 6 rings (SSSR count). The Bertz CT molecular complexity index is 1420. The van der Waals surface area contributed by atoms with E-state index in [1.165, 1.54) is 24.8 Å². The third-order valence-corrected chi connectivity index (χ3v) is 8.64. The van der Waals surface area contributed by atoms with E-state index < -0.39 is 6.17 Å². The number of ketones is 1. The van der Waals surface area contributed by atoms with Crippen LogP contribution in [0.1, 0.15) is 71.2 Å². The zero-order valence-electron chi connectivity index (χ0n) is 22.6. The molecule has 4 aromatic carbocycles. The second kappa shape index (κ2) is 12.2. The van der Waals surface area contributed by atoms with E-state index in [4.69, 9.17) is 11.6 Å². The number of benzene rings is 4. The Morgan fingerprint density at radius 1 is 0.675 bits per heavy atom. The number of carbonyl (C=O) groups is 1. The van der Waals surface area contributed by atoms with Gasteiger partial charge in [0.1, 0.15) is 6.17 Å². The minimum absolute atomic E-state index is 0.00330. The molecule has 0 aromatic heterocycles. The Morgan fingerprint density at radius 3 is 1.90 bits per heavy atom. The van der Waals surface area contributed by atoms with Crippen LogP contribution in [0.4, 0.5) is 0 Å². The van der Waals surface area contributed by atoms with Crippen molar-refractivity contribution in [3.63, 3.8) is 0 Å². The molecule has 0 amide bonds. The first kappa shape index (κ1) is 26.6. The van der Waals surface area contributed by atoms with E-state index in [-0.39, 0.29) is 17.9 Å². The molecule has 4 heteroatoms. The first-order valence-corrected chi connectivity index (χ1v) is 14.8. The molecule has 40 heavy (non-hydrogen) atoms. The van der Waals surface area contributed by atoms with Crippen molar-refractivity contribution < 1.29 is 4.79 Å². The van der Waals surface area contributed by atoms with Crippen LogP contribution >= 0.6 is 11.6 Å². The number of hydrogen-bond acceptors (Lipinski definition) is 3. The van der Waals surface area contributed by atoms with E-state index in [9.17, 15) is 4.79 Å². The summed E-state index contributed by atoms with van der Waals surface area (Å²) >= 11 is 6.37. The number of hydrogen-bond donors (Lipinski definition) is 0. The molecule has 1 saturated heterocycles. The molecule has 4 aromatic rings. The van der Waals surface area contributed by atoms with E-state index in [0.717, 1.165) is 29.5 Å². The smallest absolute Gasteiger partial charge is 0.200 e. The van der Waals surface area contributed by atoms with Gasteiger partial charge >= 0.3 is 0 Å². The van der Waals surface area contributed by atoms with E-state index >= 15 is 0 Å². The van der Waals surface area contributed by atoms with Crippen LogP contribution in [0, 0.1) is 0 Å². The SMILES string of the molecule is O=C(c1ccccc1)C1N(/C=C/c2ccccc2)C(c2ccc(Cl)cc2)C(c2ccccc2)N1C1CCCCC1. The highest BCUT2D eigenvalue weighted by Crippen LogP contribution is 2.51. The maximum Gasteiger partial charge on any atom is 0.200 e. The second-order valence-electron chi connectivity index (χ2n) is 10.9. The molecule has 2 aliphatic rings. The molecule has 1 saturated carbocycles. The summed E-state index contributed by atoms with van der Waals surface area (Å²) in [5.74, 6) is 0.140. The molecule has 0 spiro atoms. The van der Waals surface area contributed by atoms with E-state index in [1.807, 2.05) is 60.7 Å². The average Bonchev–Trinajstić information content (AvgIpc) is 3.37. The fourth-order valence-electron chi connectivity index (χ4n) is 6.54. The maximum atomic E-state index is 14.6. The standard InChI is InChI=1S/C36H35ClN2O/c37-31-23-21-29(22-24-31)33-34(28-15-7-2-8-16-28)39(32-19-11-4-12-20-32)36(35(40)30-17-9-3-10-18-30)38(33)26-25-27-13-5-1-6-14-27/h1-3,5-10,13-18,21-26,32-34,36H,4,11-12,19-20H2/b26-25+. The number of carbonyl (C=O) groups excluding carboxylic acids is 1. The van der Waals surface area contributed by atoms with Gasteiger partial charge in [0.15, 0.2) is 5.78 Å². The van der Waals surface area contributed by atoms with Crippen molar-refractivity contribution >= 4 is 23.5 Å². The maximum absolute atomic E-state index is 14.6. The Balaban J connectivity index is 1.56. The summed E-state index contributed by atoms with van der Waals surface area (Å²) in [5.41, 5.74) is 4.24. The molecule has 1 heterocycles. The summed E-state index contributed by atoms with van der Waals surface area (Å²) in [6, 6.07) is 39.3. The summed E-state index contributed by atoms with van der Waals surface area (Å²) in [5, 5.41) is 0.713.